The highest BCUT2D eigenvalue weighted by atomic mass is 16.6. The molecular weight excluding hydrogens is 688 g/mol. The molecule has 13 heteroatoms. The molecule has 6 aliphatic heterocycles. The molecule has 0 saturated carbocycles. The zero-order valence-electron chi connectivity index (χ0n) is 29.6. The molecule has 0 bridgehead atoms. The Morgan fingerprint density at radius 3 is 0.981 bits per heavy atom. The molecular formula is C40H50O13. The van der Waals surface area contributed by atoms with Crippen molar-refractivity contribution in [3.63, 3.8) is 0 Å². The Bertz CT molecular complexity index is 1520. The van der Waals surface area contributed by atoms with E-state index in [4.69, 9.17) is 33.2 Å². The Morgan fingerprint density at radius 2 is 0.698 bits per heavy atom. The molecule has 0 aromatic heterocycles. The lowest BCUT2D eigenvalue weighted by Crippen LogP contribution is -2.17. The predicted molar refractivity (Wildman–Crippen MR) is 188 cm³/mol. The van der Waals surface area contributed by atoms with E-state index >= 15 is 0 Å². The van der Waals surface area contributed by atoms with Crippen LogP contribution in [0.1, 0.15) is 120 Å². The van der Waals surface area contributed by atoms with Gasteiger partial charge in [-0.2, -0.15) is 0 Å². The molecule has 0 spiro atoms. The Balaban J connectivity index is 1.08. The summed E-state index contributed by atoms with van der Waals surface area (Å²) in [5.74, 6) is 0. The van der Waals surface area contributed by atoms with Crippen LogP contribution in [-0.2, 0) is 33.2 Å². The summed E-state index contributed by atoms with van der Waals surface area (Å²) in [5, 5.41) is 68.5. The number of hydrogen-bond donors (Lipinski definition) is 6. The molecule has 12 unspecified atom stereocenters. The van der Waals surface area contributed by atoms with Crippen molar-refractivity contribution in [3.8, 4) is 0 Å². The average Bonchev–Trinajstić information content (AvgIpc) is 3.90. The average molecular weight is 739 g/mol. The van der Waals surface area contributed by atoms with E-state index in [9.17, 15) is 30.6 Å². The predicted octanol–water partition coefficient (Wildman–Crippen LogP) is 3.28. The lowest BCUT2D eigenvalue weighted by Gasteiger charge is -2.26. The first-order valence-corrected chi connectivity index (χ1v) is 18.8. The summed E-state index contributed by atoms with van der Waals surface area (Å²) in [4.78, 5) is 0. The third kappa shape index (κ3) is 9.92. The standard InChI is InChI=1S/C40H50O13/c41-31(9-23-15-48-23)29-3-1-21(37(33(43)11-25-17-50-25)39(29)35(45)13-27-19-52-27)5-7-47-8-6-22-2-4-30(32(42)10-24-16-49-24)40(36(46)14-28-20-53-28)38(22)34(44)12-26-18-51-26/h1-8,23-28,31-36,41-46H,9-20H2. The maximum atomic E-state index is 11.5. The fourth-order valence-electron chi connectivity index (χ4n) is 7.41. The number of aliphatic hydroxyl groups excluding tert-OH is 6. The first kappa shape index (κ1) is 37.2. The van der Waals surface area contributed by atoms with Gasteiger partial charge in [0.25, 0.3) is 0 Å². The summed E-state index contributed by atoms with van der Waals surface area (Å²) in [5.41, 5.74) is 4.29. The first-order valence-electron chi connectivity index (χ1n) is 18.8. The number of aliphatic hydroxyl groups is 6. The van der Waals surface area contributed by atoms with E-state index in [1.165, 1.54) is 12.5 Å². The third-order valence-electron chi connectivity index (χ3n) is 10.7. The van der Waals surface area contributed by atoms with Crippen molar-refractivity contribution < 1.29 is 63.8 Å². The molecule has 2 aromatic carbocycles. The van der Waals surface area contributed by atoms with Gasteiger partial charge in [0.1, 0.15) is 0 Å². The molecule has 53 heavy (non-hydrogen) atoms. The van der Waals surface area contributed by atoms with Crippen molar-refractivity contribution in [1.29, 1.82) is 0 Å². The van der Waals surface area contributed by atoms with Crippen LogP contribution in [0.4, 0.5) is 0 Å². The summed E-state index contributed by atoms with van der Waals surface area (Å²) in [6.07, 6.45) is 2.33. The second-order valence-electron chi connectivity index (χ2n) is 15.1. The Kier molecular flexibility index (Phi) is 11.3. The molecule has 6 fully saturated rings. The monoisotopic (exact) mass is 738 g/mol. The minimum absolute atomic E-state index is 0.0383. The summed E-state index contributed by atoms with van der Waals surface area (Å²) in [7, 11) is 0. The van der Waals surface area contributed by atoms with Crippen LogP contribution in [0.15, 0.2) is 36.8 Å². The van der Waals surface area contributed by atoms with Gasteiger partial charge in [-0.25, -0.2) is 0 Å². The van der Waals surface area contributed by atoms with E-state index < -0.39 is 36.6 Å². The van der Waals surface area contributed by atoms with Crippen LogP contribution in [-0.4, -0.2) is 107 Å². The lowest BCUT2D eigenvalue weighted by molar-refractivity contribution is 0.119. The summed E-state index contributed by atoms with van der Waals surface area (Å²) < 4.78 is 38.2. The van der Waals surface area contributed by atoms with Crippen LogP contribution in [0.2, 0.25) is 0 Å². The molecule has 0 amide bonds. The molecule has 6 saturated heterocycles. The Morgan fingerprint density at radius 1 is 0.434 bits per heavy atom. The topological polar surface area (TPSA) is 206 Å². The second kappa shape index (κ2) is 16.1. The molecule has 8 rings (SSSR count). The maximum absolute atomic E-state index is 11.5. The molecule has 12 atom stereocenters. The molecule has 6 aliphatic rings. The van der Waals surface area contributed by atoms with Crippen LogP contribution in [0.5, 0.6) is 0 Å². The summed E-state index contributed by atoms with van der Waals surface area (Å²) >= 11 is 0. The van der Waals surface area contributed by atoms with Crippen LogP contribution in [0.25, 0.3) is 12.2 Å². The van der Waals surface area contributed by atoms with Crippen molar-refractivity contribution in [3.05, 3.63) is 81.3 Å². The minimum Gasteiger partial charge on any atom is -0.473 e. The normalized spacial score (nSPS) is 30.2. The molecule has 0 radical (unpaired) electrons. The van der Waals surface area contributed by atoms with Gasteiger partial charge in [-0.1, -0.05) is 24.3 Å². The Labute approximate surface area is 308 Å². The molecule has 2 aromatic rings. The molecule has 0 aliphatic carbocycles. The molecule has 6 N–H and O–H groups in total. The van der Waals surface area contributed by atoms with Gasteiger partial charge >= 0.3 is 0 Å². The lowest BCUT2D eigenvalue weighted by atomic mass is 9.84. The SMILES string of the molecule is OC(CC1CO1)c1ccc(C=COC=Cc2ccc(C(O)CC3CO3)c(C(O)CC3CO3)c2C(O)CC2CO2)c(C(O)CC2CO2)c1C(O)CC1CO1. The smallest absolute Gasteiger partial charge is 0.0907 e. The van der Waals surface area contributed by atoms with E-state index in [1.807, 2.05) is 0 Å². The third-order valence-corrected chi connectivity index (χ3v) is 10.7. The van der Waals surface area contributed by atoms with Crippen molar-refractivity contribution in [2.24, 2.45) is 0 Å². The van der Waals surface area contributed by atoms with Gasteiger partial charge in [-0.05, 0) is 56.7 Å². The van der Waals surface area contributed by atoms with Crippen molar-refractivity contribution in [2.75, 3.05) is 39.6 Å². The molecule has 13 nitrogen and oxygen atoms in total. The fraction of sp³-hybridized carbons (Fsp3) is 0.600. The minimum atomic E-state index is -0.980. The first-order chi connectivity index (χ1) is 25.7. The Hall–Kier alpha value is -2.76. The quantitative estimate of drug-likeness (QED) is 0.0759. The van der Waals surface area contributed by atoms with Crippen LogP contribution in [0.3, 0.4) is 0 Å². The van der Waals surface area contributed by atoms with E-state index in [2.05, 4.69) is 0 Å². The van der Waals surface area contributed by atoms with E-state index in [-0.39, 0.29) is 36.6 Å². The maximum Gasteiger partial charge on any atom is 0.0907 e. The molecule has 6 heterocycles. The van der Waals surface area contributed by atoms with Crippen molar-refractivity contribution >= 4 is 12.2 Å². The fourth-order valence-corrected chi connectivity index (χ4v) is 7.41. The van der Waals surface area contributed by atoms with Gasteiger partial charge in [0, 0.05) is 38.5 Å². The highest BCUT2D eigenvalue weighted by molar-refractivity contribution is 5.61. The number of benzene rings is 2. The van der Waals surface area contributed by atoms with E-state index in [0.717, 1.165) is 0 Å². The van der Waals surface area contributed by atoms with Gasteiger partial charge in [0.05, 0.1) is 125 Å². The van der Waals surface area contributed by atoms with Crippen molar-refractivity contribution in [1.82, 2.24) is 0 Å². The number of rotatable bonds is 22. The largest absolute Gasteiger partial charge is 0.473 e. The highest BCUT2D eigenvalue weighted by Gasteiger charge is 2.38. The highest BCUT2D eigenvalue weighted by Crippen LogP contribution is 2.43. The number of hydrogen-bond acceptors (Lipinski definition) is 13. The van der Waals surface area contributed by atoms with Crippen LogP contribution >= 0.6 is 0 Å². The number of ether oxygens (including phenoxy) is 7. The zero-order valence-corrected chi connectivity index (χ0v) is 29.6. The van der Waals surface area contributed by atoms with Gasteiger partial charge in [-0.15, -0.1) is 0 Å². The van der Waals surface area contributed by atoms with Crippen molar-refractivity contribution in [2.45, 2.75) is 112 Å². The number of epoxide rings is 6. The second-order valence-corrected chi connectivity index (χ2v) is 15.1. The van der Waals surface area contributed by atoms with E-state index in [1.54, 1.807) is 36.4 Å². The van der Waals surface area contributed by atoms with Gasteiger partial charge in [0.2, 0.25) is 0 Å². The zero-order chi connectivity index (χ0) is 36.6. The van der Waals surface area contributed by atoms with Crippen LogP contribution < -0.4 is 0 Å². The van der Waals surface area contributed by atoms with Gasteiger partial charge < -0.3 is 63.8 Å². The van der Waals surface area contributed by atoms with Crippen LogP contribution in [0, 0.1) is 0 Å². The van der Waals surface area contributed by atoms with E-state index in [0.29, 0.717) is 123 Å². The summed E-state index contributed by atoms with van der Waals surface area (Å²) in [6, 6.07) is 7.16. The van der Waals surface area contributed by atoms with Gasteiger partial charge in [-0.3, -0.25) is 0 Å². The van der Waals surface area contributed by atoms with Gasteiger partial charge in [0.15, 0.2) is 0 Å². The molecule has 288 valence electrons. The summed E-state index contributed by atoms with van der Waals surface area (Å²) in [6.45, 7) is 3.38.